The molecule has 0 radical (unpaired) electrons. The normalized spacial score (nSPS) is 11.8. The van der Waals surface area contributed by atoms with Crippen LogP contribution >= 0.6 is 11.3 Å². The molecular formula is C12H12N2O2S. The maximum Gasteiger partial charge on any atom is 0.283 e. The molecule has 1 N–H and O–H groups in total. The van der Waals surface area contributed by atoms with Gasteiger partial charge in [0.25, 0.3) is 5.91 Å². The van der Waals surface area contributed by atoms with Crippen LogP contribution in [0.15, 0.2) is 34.8 Å². The number of phenolic OH excluding ortho intramolecular Hbond substituents is 1. The minimum atomic E-state index is -0.430. The Kier molecular flexibility index (Phi) is 3.10. The van der Waals surface area contributed by atoms with Gasteiger partial charge in [0, 0.05) is 18.6 Å². The summed E-state index contributed by atoms with van der Waals surface area (Å²) in [5.74, 6) is -0.460. The lowest BCUT2D eigenvalue weighted by Gasteiger charge is -2.00. The van der Waals surface area contributed by atoms with Crippen LogP contribution in [0.1, 0.15) is 15.9 Å². The van der Waals surface area contributed by atoms with E-state index in [2.05, 4.69) is 4.99 Å². The Balaban J connectivity index is 2.43. The van der Waals surface area contributed by atoms with Gasteiger partial charge in [-0.1, -0.05) is 6.07 Å². The second kappa shape index (κ2) is 4.55. The van der Waals surface area contributed by atoms with Gasteiger partial charge in [-0.15, -0.1) is 11.3 Å². The Bertz CT molecular complexity index is 625. The summed E-state index contributed by atoms with van der Waals surface area (Å²) in [5.41, 5.74) is 1.13. The van der Waals surface area contributed by atoms with Crippen molar-refractivity contribution in [2.75, 3.05) is 0 Å². The molecule has 0 unspecified atom stereocenters. The average Bonchev–Trinajstić information content (AvgIpc) is 2.64. The van der Waals surface area contributed by atoms with Crippen molar-refractivity contribution in [3.05, 3.63) is 45.7 Å². The van der Waals surface area contributed by atoms with Gasteiger partial charge in [0.15, 0.2) is 4.80 Å². The van der Waals surface area contributed by atoms with Crippen molar-refractivity contribution in [2.45, 2.75) is 6.92 Å². The van der Waals surface area contributed by atoms with E-state index >= 15 is 0 Å². The molecule has 0 fully saturated rings. The van der Waals surface area contributed by atoms with Crippen LogP contribution in [0.25, 0.3) is 0 Å². The van der Waals surface area contributed by atoms with E-state index in [0.29, 0.717) is 4.80 Å². The number of hydrogen-bond acceptors (Lipinski definition) is 3. The Morgan fingerprint density at radius 1 is 1.47 bits per heavy atom. The van der Waals surface area contributed by atoms with Gasteiger partial charge in [0.2, 0.25) is 0 Å². The highest BCUT2D eigenvalue weighted by molar-refractivity contribution is 7.07. The quantitative estimate of drug-likeness (QED) is 0.837. The monoisotopic (exact) mass is 248 g/mol. The molecule has 5 heteroatoms. The van der Waals surface area contributed by atoms with Crippen LogP contribution in [-0.4, -0.2) is 15.6 Å². The largest absolute Gasteiger partial charge is 0.507 e. The fraction of sp³-hybridized carbons (Fsp3) is 0.167. The SMILES string of the molecule is Cc1ccc(C(=O)N=c2sccn2C)c(O)c1. The van der Waals surface area contributed by atoms with Gasteiger partial charge >= 0.3 is 0 Å². The maximum absolute atomic E-state index is 11.9. The summed E-state index contributed by atoms with van der Waals surface area (Å²) in [4.78, 5) is 16.4. The molecule has 2 aromatic rings. The first-order valence-corrected chi connectivity index (χ1v) is 5.94. The van der Waals surface area contributed by atoms with Crippen LogP contribution < -0.4 is 4.80 Å². The van der Waals surface area contributed by atoms with Gasteiger partial charge < -0.3 is 9.67 Å². The van der Waals surface area contributed by atoms with Gasteiger partial charge in [0.05, 0.1) is 5.56 Å². The molecule has 17 heavy (non-hydrogen) atoms. The fourth-order valence-electron chi connectivity index (χ4n) is 1.40. The number of carbonyl (C=O) groups excluding carboxylic acids is 1. The Morgan fingerprint density at radius 2 is 2.24 bits per heavy atom. The summed E-state index contributed by atoms with van der Waals surface area (Å²) in [6.07, 6.45) is 1.83. The van der Waals surface area contributed by atoms with Crippen molar-refractivity contribution in [1.29, 1.82) is 0 Å². The molecule has 0 atom stereocenters. The third-order valence-corrected chi connectivity index (χ3v) is 3.19. The molecule has 2 rings (SSSR count). The summed E-state index contributed by atoms with van der Waals surface area (Å²) >= 11 is 1.38. The van der Waals surface area contributed by atoms with E-state index in [4.69, 9.17) is 0 Å². The predicted molar refractivity (Wildman–Crippen MR) is 66.0 cm³/mol. The van der Waals surface area contributed by atoms with E-state index in [9.17, 15) is 9.90 Å². The van der Waals surface area contributed by atoms with Crippen molar-refractivity contribution < 1.29 is 9.90 Å². The number of amides is 1. The molecule has 1 aromatic heterocycles. The van der Waals surface area contributed by atoms with E-state index in [-0.39, 0.29) is 11.3 Å². The predicted octanol–water partition coefficient (Wildman–Crippen LogP) is 1.84. The number of nitrogens with zero attached hydrogens (tertiary/aromatic N) is 2. The number of hydrogen-bond donors (Lipinski definition) is 1. The molecule has 0 saturated heterocycles. The Labute approximate surface area is 103 Å². The molecule has 0 saturated carbocycles. The van der Waals surface area contributed by atoms with E-state index in [1.807, 2.05) is 25.5 Å². The molecule has 1 heterocycles. The molecule has 1 aromatic carbocycles. The summed E-state index contributed by atoms with van der Waals surface area (Å²) in [5, 5.41) is 11.5. The number of thiazole rings is 1. The molecule has 0 spiro atoms. The van der Waals surface area contributed by atoms with Gasteiger partial charge in [0.1, 0.15) is 5.75 Å². The smallest absolute Gasteiger partial charge is 0.283 e. The lowest BCUT2D eigenvalue weighted by molar-refractivity contribution is 0.0995. The number of rotatable bonds is 1. The van der Waals surface area contributed by atoms with Crippen LogP contribution in [0.4, 0.5) is 0 Å². The van der Waals surface area contributed by atoms with Gasteiger partial charge in [-0.25, -0.2) is 0 Å². The van der Waals surface area contributed by atoms with Crippen molar-refractivity contribution in [1.82, 2.24) is 4.57 Å². The van der Waals surface area contributed by atoms with Gasteiger partial charge in [-0.2, -0.15) is 4.99 Å². The number of aromatic hydroxyl groups is 1. The minimum Gasteiger partial charge on any atom is -0.507 e. The summed E-state index contributed by atoms with van der Waals surface area (Å²) in [7, 11) is 1.82. The van der Waals surface area contributed by atoms with Gasteiger partial charge in [-0.3, -0.25) is 4.79 Å². The molecule has 0 aliphatic carbocycles. The van der Waals surface area contributed by atoms with Crippen LogP contribution in [-0.2, 0) is 7.05 Å². The first-order valence-electron chi connectivity index (χ1n) is 5.07. The van der Waals surface area contributed by atoms with Crippen molar-refractivity contribution in [2.24, 2.45) is 12.0 Å². The van der Waals surface area contributed by atoms with Crippen LogP contribution in [0.5, 0.6) is 5.75 Å². The molecule has 1 amide bonds. The maximum atomic E-state index is 11.9. The first-order chi connectivity index (χ1) is 8.08. The lowest BCUT2D eigenvalue weighted by atomic mass is 10.1. The summed E-state index contributed by atoms with van der Waals surface area (Å²) < 4.78 is 1.76. The molecule has 0 aliphatic rings. The number of aromatic nitrogens is 1. The fourth-order valence-corrected chi connectivity index (χ4v) is 2.13. The van der Waals surface area contributed by atoms with Crippen molar-refractivity contribution in [3.63, 3.8) is 0 Å². The number of benzene rings is 1. The third kappa shape index (κ3) is 2.45. The van der Waals surface area contributed by atoms with Crippen LogP contribution in [0.2, 0.25) is 0 Å². The molecule has 4 nitrogen and oxygen atoms in total. The highest BCUT2D eigenvalue weighted by atomic mass is 32.1. The van der Waals surface area contributed by atoms with E-state index in [1.165, 1.54) is 11.3 Å². The second-order valence-corrected chi connectivity index (χ2v) is 4.61. The highest BCUT2D eigenvalue weighted by Gasteiger charge is 2.09. The molecular weight excluding hydrogens is 236 g/mol. The molecule has 0 aliphatic heterocycles. The molecule has 88 valence electrons. The van der Waals surface area contributed by atoms with Crippen LogP contribution in [0.3, 0.4) is 0 Å². The lowest BCUT2D eigenvalue weighted by Crippen LogP contribution is -2.12. The third-order valence-electron chi connectivity index (χ3n) is 2.34. The summed E-state index contributed by atoms with van der Waals surface area (Å²) in [6.45, 7) is 1.85. The highest BCUT2D eigenvalue weighted by Crippen LogP contribution is 2.18. The Hall–Kier alpha value is -1.88. The first kappa shape index (κ1) is 11.6. The number of aryl methyl sites for hydroxylation is 2. The zero-order valence-corrected chi connectivity index (χ0v) is 10.4. The standard InChI is InChI=1S/C12H12N2O2S/c1-8-3-4-9(10(15)7-8)11(16)13-12-14(2)5-6-17-12/h3-7,15H,1-2H3. The van der Waals surface area contributed by atoms with Crippen LogP contribution in [0, 0.1) is 6.92 Å². The minimum absolute atomic E-state index is 0.0297. The van der Waals surface area contributed by atoms with Gasteiger partial charge in [-0.05, 0) is 24.6 Å². The zero-order valence-electron chi connectivity index (χ0n) is 9.54. The summed E-state index contributed by atoms with van der Waals surface area (Å²) in [6, 6.07) is 4.91. The number of phenols is 1. The second-order valence-electron chi connectivity index (χ2n) is 3.73. The average molecular weight is 248 g/mol. The van der Waals surface area contributed by atoms with Crippen molar-refractivity contribution >= 4 is 17.2 Å². The zero-order chi connectivity index (χ0) is 12.4. The topological polar surface area (TPSA) is 54.6 Å². The van der Waals surface area contributed by atoms with E-state index in [0.717, 1.165) is 5.56 Å². The number of carbonyl (C=O) groups is 1. The molecule has 0 bridgehead atoms. The van der Waals surface area contributed by atoms with Crippen molar-refractivity contribution in [3.8, 4) is 5.75 Å². The Morgan fingerprint density at radius 3 is 2.82 bits per heavy atom. The van der Waals surface area contributed by atoms with E-state index < -0.39 is 5.91 Å². The van der Waals surface area contributed by atoms with E-state index in [1.54, 1.807) is 22.8 Å².